The van der Waals surface area contributed by atoms with Crippen LogP contribution in [-0.2, 0) is 0 Å². The van der Waals surface area contributed by atoms with Gasteiger partial charge in [0, 0.05) is 31.2 Å². The monoisotopic (exact) mass is 295 g/mol. The minimum absolute atomic E-state index is 0.698. The molecule has 2 rings (SSSR count). The highest BCUT2D eigenvalue weighted by atomic mass is 15.3. The van der Waals surface area contributed by atoms with E-state index in [4.69, 9.17) is 0 Å². The average Bonchev–Trinajstić information content (AvgIpc) is 2.62. The van der Waals surface area contributed by atoms with E-state index >= 15 is 0 Å². The number of hydrogen-bond acceptors (Lipinski definition) is 3. The van der Waals surface area contributed by atoms with Crippen molar-refractivity contribution < 1.29 is 0 Å². The predicted octanol–water partition coefficient (Wildman–Crippen LogP) is 2.96. The number of nitrogens with one attached hydrogen (secondary N) is 1. The van der Waals surface area contributed by atoms with Gasteiger partial charge in [-0.3, -0.25) is 4.90 Å². The second kappa shape index (κ2) is 8.50. The first kappa shape index (κ1) is 17.2. The Morgan fingerprint density at radius 3 is 2.67 bits per heavy atom. The van der Waals surface area contributed by atoms with Gasteiger partial charge in [-0.1, -0.05) is 26.7 Å². The Balaban J connectivity index is 2.06. The minimum atomic E-state index is 0.698. The largest absolute Gasteiger partial charge is 0.313 e. The van der Waals surface area contributed by atoms with Crippen molar-refractivity contribution in [2.75, 3.05) is 33.2 Å². The van der Waals surface area contributed by atoms with Crippen molar-refractivity contribution in [3.8, 4) is 0 Å². The number of nitrogens with zero attached hydrogens (tertiary/aromatic N) is 2. The van der Waals surface area contributed by atoms with Crippen molar-refractivity contribution in [3.63, 3.8) is 0 Å². The molecule has 0 aromatic carbocycles. The Labute approximate surface area is 132 Å². The van der Waals surface area contributed by atoms with Gasteiger partial charge in [-0.05, 0) is 58.7 Å². The molecule has 1 aliphatic carbocycles. The van der Waals surface area contributed by atoms with E-state index in [1.807, 2.05) is 0 Å². The zero-order valence-electron chi connectivity index (χ0n) is 14.8. The van der Waals surface area contributed by atoms with E-state index in [1.54, 1.807) is 0 Å². The van der Waals surface area contributed by atoms with Crippen LogP contribution < -0.4 is 5.32 Å². The quantitative estimate of drug-likeness (QED) is 0.841. The lowest BCUT2D eigenvalue weighted by Crippen LogP contribution is -2.56. The van der Waals surface area contributed by atoms with Crippen LogP contribution in [0, 0.1) is 5.92 Å². The summed E-state index contributed by atoms with van der Waals surface area (Å²) in [7, 11) is 2.28. The smallest absolute Gasteiger partial charge is 0.0255 e. The van der Waals surface area contributed by atoms with Crippen molar-refractivity contribution in [2.45, 2.75) is 77.4 Å². The van der Waals surface area contributed by atoms with E-state index in [0.29, 0.717) is 12.1 Å². The highest BCUT2D eigenvalue weighted by molar-refractivity contribution is 4.94. The molecule has 4 unspecified atom stereocenters. The molecule has 3 nitrogen and oxygen atoms in total. The molecule has 2 aliphatic rings. The van der Waals surface area contributed by atoms with Crippen molar-refractivity contribution in [1.29, 1.82) is 0 Å². The summed E-state index contributed by atoms with van der Waals surface area (Å²) in [6, 6.07) is 2.18. The molecular formula is C18H37N3. The molecule has 0 aromatic rings. The lowest BCUT2D eigenvalue weighted by atomic mass is 9.79. The summed E-state index contributed by atoms with van der Waals surface area (Å²) >= 11 is 0. The maximum absolute atomic E-state index is 3.79. The molecule has 0 spiro atoms. The first-order valence-corrected chi connectivity index (χ1v) is 9.33. The van der Waals surface area contributed by atoms with Crippen LogP contribution in [0.5, 0.6) is 0 Å². The van der Waals surface area contributed by atoms with Gasteiger partial charge in [-0.25, -0.2) is 0 Å². The van der Waals surface area contributed by atoms with E-state index in [0.717, 1.165) is 18.5 Å². The standard InChI is InChI=1S/C18H37N3/c1-5-8-16-9-10-17(19-6-2)18(13-16)21-12-7-11-20(4)14-15(21)3/h15-19H,5-14H2,1-4H3. The Morgan fingerprint density at radius 2 is 1.95 bits per heavy atom. The van der Waals surface area contributed by atoms with E-state index in [1.165, 1.54) is 58.2 Å². The maximum atomic E-state index is 3.79. The van der Waals surface area contributed by atoms with Gasteiger partial charge in [0.2, 0.25) is 0 Å². The molecule has 0 amide bonds. The van der Waals surface area contributed by atoms with Gasteiger partial charge in [0.1, 0.15) is 0 Å². The molecular weight excluding hydrogens is 258 g/mol. The molecule has 0 radical (unpaired) electrons. The zero-order chi connectivity index (χ0) is 15.2. The van der Waals surface area contributed by atoms with Gasteiger partial charge in [-0.15, -0.1) is 0 Å². The van der Waals surface area contributed by atoms with Gasteiger partial charge in [0.15, 0.2) is 0 Å². The molecule has 124 valence electrons. The Kier molecular flexibility index (Phi) is 6.97. The summed E-state index contributed by atoms with van der Waals surface area (Å²) in [5, 5.41) is 3.79. The summed E-state index contributed by atoms with van der Waals surface area (Å²) in [5.74, 6) is 0.961. The fourth-order valence-electron chi connectivity index (χ4n) is 4.65. The van der Waals surface area contributed by atoms with E-state index in [2.05, 4.69) is 42.9 Å². The summed E-state index contributed by atoms with van der Waals surface area (Å²) in [4.78, 5) is 5.36. The topological polar surface area (TPSA) is 18.5 Å². The third-order valence-electron chi connectivity index (χ3n) is 5.61. The molecule has 21 heavy (non-hydrogen) atoms. The van der Waals surface area contributed by atoms with E-state index in [9.17, 15) is 0 Å². The Hall–Kier alpha value is -0.120. The van der Waals surface area contributed by atoms with Gasteiger partial charge < -0.3 is 10.2 Å². The van der Waals surface area contributed by atoms with E-state index in [-0.39, 0.29) is 0 Å². The molecule has 2 fully saturated rings. The third-order valence-corrected chi connectivity index (χ3v) is 5.61. The predicted molar refractivity (Wildman–Crippen MR) is 91.8 cm³/mol. The molecule has 1 saturated heterocycles. The molecule has 3 heteroatoms. The highest BCUT2D eigenvalue weighted by Gasteiger charge is 2.36. The van der Waals surface area contributed by atoms with Crippen LogP contribution in [0.25, 0.3) is 0 Å². The summed E-state index contributed by atoms with van der Waals surface area (Å²) in [6.45, 7) is 11.9. The van der Waals surface area contributed by atoms with Crippen molar-refractivity contribution in [1.82, 2.24) is 15.1 Å². The van der Waals surface area contributed by atoms with Crippen LogP contribution in [0.2, 0.25) is 0 Å². The molecule has 4 atom stereocenters. The lowest BCUT2D eigenvalue weighted by Gasteiger charge is -2.45. The highest BCUT2D eigenvalue weighted by Crippen LogP contribution is 2.32. The van der Waals surface area contributed by atoms with Crippen molar-refractivity contribution in [3.05, 3.63) is 0 Å². The molecule has 1 aliphatic heterocycles. The van der Waals surface area contributed by atoms with Crippen molar-refractivity contribution >= 4 is 0 Å². The molecule has 0 aromatic heterocycles. The number of hydrogen-bond donors (Lipinski definition) is 1. The second-order valence-corrected chi connectivity index (χ2v) is 7.40. The third kappa shape index (κ3) is 4.67. The molecule has 1 N–H and O–H groups in total. The fourth-order valence-corrected chi connectivity index (χ4v) is 4.65. The second-order valence-electron chi connectivity index (χ2n) is 7.40. The zero-order valence-corrected chi connectivity index (χ0v) is 14.8. The number of rotatable bonds is 5. The average molecular weight is 296 g/mol. The Bertz CT molecular complexity index is 294. The molecule has 1 saturated carbocycles. The molecule has 1 heterocycles. The van der Waals surface area contributed by atoms with Crippen LogP contribution in [0.15, 0.2) is 0 Å². The first-order chi connectivity index (χ1) is 10.2. The van der Waals surface area contributed by atoms with Gasteiger partial charge in [0.05, 0.1) is 0 Å². The maximum Gasteiger partial charge on any atom is 0.0255 e. The lowest BCUT2D eigenvalue weighted by molar-refractivity contribution is 0.0656. The van der Waals surface area contributed by atoms with Crippen LogP contribution in [0.3, 0.4) is 0 Å². The van der Waals surface area contributed by atoms with Crippen molar-refractivity contribution in [2.24, 2.45) is 5.92 Å². The summed E-state index contributed by atoms with van der Waals surface area (Å²) < 4.78 is 0. The van der Waals surface area contributed by atoms with Gasteiger partial charge >= 0.3 is 0 Å². The van der Waals surface area contributed by atoms with E-state index < -0.39 is 0 Å². The SMILES string of the molecule is CCCC1CCC(NCC)C(N2CCCN(C)CC2C)C1. The van der Waals surface area contributed by atoms with Crippen LogP contribution >= 0.6 is 0 Å². The van der Waals surface area contributed by atoms with Crippen LogP contribution in [-0.4, -0.2) is 61.2 Å². The van der Waals surface area contributed by atoms with Gasteiger partial charge in [-0.2, -0.15) is 0 Å². The number of likely N-dealkylation sites (N-methyl/N-ethyl adjacent to an activating group) is 2. The van der Waals surface area contributed by atoms with Gasteiger partial charge in [0.25, 0.3) is 0 Å². The Morgan fingerprint density at radius 1 is 1.14 bits per heavy atom. The fraction of sp³-hybridized carbons (Fsp3) is 1.00. The first-order valence-electron chi connectivity index (χ1n) is 9.33. The van der Waals surface area contributed by atoms with Crippen LogP contribution in [0.4, 0.5) is 0 Å². The summed E-state index contributed by atoms with van der Waals surface area (Å²) in [6.07, 6.45) is 8.33. The molecule has 0 bridgehead atoms. The summed E-state index contributed by atoms with van der Waals surface area (Å²) in [5.41, 5.74) is 0. The van der Waals surface area contributed by atoms with Crippen LogP contribution in [0.1, 0.15) is 59.3 Å². The normalized spacial score (nSPS) is 36.6. The minimum Gasteiger partial charge on any atom is -0.313 e.